The topological polar surface area (TPSA) is 77.0 Å². The third-order valence-electron chi connectivity index (χ3n) is 2.88. The smallest absolute Gasteiger partial charge is 0.314 e. The Morgan fingerprint density at radius 3 is 2.65 bits per heavy atom. The zero-order chi connectivity index (χ0) is 17.4. The maximum Gasteiger partial charge on any atom is 0.314 e. The first kappa shape index (κ1) is 19.3. The Bertz CT molecular complexity index is 605. The van der Waals surface area contributed by atoms with Crippen LogP contribution in [-0.2, 0) is 14.3 Å². The summed E-state index contributed by atoms with van der Waals surface area (Å²) in [5, 5.41) is 4.64. The van der Waals surface area contributed by atoms with E-state index in [1.165, 1.54) is 6.07 Å². The van der Waals surface area contributed by atoms with E-state index in [1.54, 1.807) is 32.9 Å². The van der Waals surface area contributed by atoms with Gasteiger partial charge in [-0.3, -0.25) is 9.59 Å². The average Bonchev–Trinajstić information content (AvgIpc) is 2.51. The molecule has 1 rings (SSSR count). The lowest BCUT2D eigenvalue weighted by Crippen LogP contribution is -2.28. The van der Waals surface area contributed by atoms with Gasteiger partial charge < -0.3 is 9.47 Å². The lowest BCUT2D eigenvalue weighted by molar-refractivity contribution is -0.145. The van der Waals surface area contributed by atoms with Crippen LogP contribution in [0.5, 0.6) is 5.75 Å². The van der Waals surface area contributed by atoms with E-state index in [-0.39, 0.29) is 6.61 Å². The van der Waals surface area contributed by atoms with E-state index in [0.29, 0.717) is 28.1 Å². The van der Waals surface area contributed by atoms with Gasteiger partial charge in [-0.15, -0.1) is 0 Å². The zero-order valence-corrected chi connectivity index (χ0v) is 14.6. The number of hydrogen-bond acceptors (Lipinski definition) is 5. The van der Waals surface area contributed by atoms with Gasteiger partial charge in [-0.25, -0.2) is 5.43 Å². The molecule has 1 N–H and O–H groups in total. The monoisotopic (exact) mass is 360 g/mol. The summed E-state index contributed by atoms with van der Waals surface area (Å²) in [7, 11) is 0. The van der Waals surface area contributed by atoms with Gasteiger partial charge >= 0.3 is 5.97 Å². The molecule has 0 unspecified atom stereocenters. The fraction of sp³-hybridized carbons (Fsp3) is 0.400. The highest BCUT2D eigenvalue weighted by molar-refractivity contribution is 6.35. The quantitative estimate of drug-likeness (QED) is 0.460. The lowest BCUT2D eigenvalue weighted by atomic mass is 10.1. The van der Waals surface area contributed by atoms with Crippen LogP contribution in [0.15, 0.2) is 23.3 Å². The Morgan fingerprint density at radius 1 is 1.35 bits per heavy atom. The van der Waals surface area contributed by atoms with E-state index in [9.17, 15) is 9.59 Å². The van der Waals surface area contributed by atoms with Crippen molar-refractivity contribution in [3.63, 3.8) is 0 Å². The molecule has 1 amide bonds. The van der Waals surface area contributed by atoms with E-state index in [1.807, 2.05) is 0 Å². The molecule has 0 spiro atoms. The van der Waals surface area contributed by atoms with Gasteiger partial charge in [-0.2, -0.15) is 5.10 Å². The highest BCUT2D eigenvalue weighted by Gasteiger charge is 2.17. The second-order valence-corrected chi connectivity index (χ2v) is 5.47. The number of halogens is 2. The number of amides is 1. The van der Waals surface area contributed by atoms with Crippen molar-refractivity contribution in [3.05, 3.63) is 28.2 Å². The number of benzene rings is 1. The molecule has 0 aromatic heterocycles. The van der Waals surface area contributed by atoms with Crippen molar-refractivity contribution in [2.24, 2.45) is 11.0 Å². The molecule has 6 nitrogen and oxygen atoms in total. The molecule has 126 valence electrons. The molecule has 1 aromatic carbocycles. The Balaban J connectivity index is 2.50. The van der Waals surface area contributed by atoms with Gasteiger partial charge in [0, 0.05) is 10.7 Å². The van der Waals surface area contributed by atoms with Crippen LogP contribution < -0.4 is 10.2 Å². The minimum atomic E-state index is -0.540. The first-order chi connectivity index (χ1) is 10.8. The predicted octanol–water partition coefficient (Wildman–Crippen LogP) is 3.06. The van der Waals surface area contributed by atoms with Crippen molar-refractivity contribution in [2.45, 2.75) is 20.8 Å². The largest absolute Gasteiger partial charge is 0.482 e. The number of rotatable bonds is 7. The fourth-order valence-corrected chi connectivity index (χ4v) is 1.92. The third kappa shape index (κ3) is 6.46. The van der Waals surface area contributed by atoms with Gasteiger partial charge in [0.1, 0.15) is 5.75 Å². The third-order valence-corrected chi connectivity index (χ3v) is 3.41. The lowest BCUT2D eigenvalue weighted by Gasteiger charge is -2.10. The molecule has 0 aliphatic rings. The maximum atomic E-state index is 11.7. The Morgan fingerprint density at radius 2 is 2.04 bits per heavy atom. The molecular weight excluding hydrogens is 343 g/mol. The van der Waals surface area contributed by atoms with E-state index in [0.717, 1.165) is 0 Å². The van der Waals surface area contributed by atoms with Crippen LogP contribution in [0.4, 0.5) is 0 Å². The van der Waals surface area contributed by atoms with E-state index in [4.69, 9.17) is 32.7 Å². The molecule has 0 fully saturated rings. The number of carbonyl (C=O) groups excluding carboxylic acids is 2. The van der Waals surface area contributed by atoms with Crippen LogP contribution >= 0.6 is 23.2 Å². The van der Waals surface area contributed by atoms with Crippen molar-refractivity contribution < 1.29 is 19.1 Å². The van der Waals surface area contributed by atoms with Crippen molar-refractivity contribution in [2.75, 3.05) is 13.2 Å². The number of carbonyl (C=O) groups is 2. The van der Waals surface area contributed by atoms with E-state index < -0.39 is 17.8 Å². The van der Waals surface area contributed by atoms with Gasteiger partial charge in [0.25, 0.3) is 5.91 Å². The van der Waals surface area contributed by atoms with Crippen LogP contribution in [0.3, 0.4) is 0 Å². The van der Waals surface area contributed by atoms with Crippen molar-refractivity contribution in [1.29, 1.82) is 0 Å². The average molecular weight is 361 g/mol. The summed E-state index contributed by atoms with van der Waals surface area (Å²) in [5.74, 6) is -1.08. The minimum absolute atomic E-state index is 0.272. The normalized spacial score (nSPS) is 12.5. The van der Waals surface area contributed by atoms with E-state index >= 15 is 0 Å². The van der Waals surface area contributed by atoms with Crippen LogP contribution in [0.2, 0.25) is 10.0 Å². The molecule has 8 heteroatoms. The molecule has 0 aliphatic heterocycles. The molecule has 0 saturated carbocycles. The molecule has 0 radical (unpaired) electrons. The van der Waals surface area contributed by atoms with Crippen molar-refractivity contribution in [3.8, 4) is 5.75 Å². The summed E-state index contributed by atoms with van der Waals surface area (Å²) >= 11 is 11.7. The van der Waals surface area contributed by atoms with Crippen LogP contribution in [0.1, 0.15) is 20.8 Å². The highest BCUT2D eigenvalue weighted by Crippen LogP contribution is 2.27. The fourth-order valence-electron chi connectivity index (χ4n) is 1.45. The zero-order valence-electron chi connectivity index (χ0n) is 13.1. The number of esters is 1. The number of hydrogen-bond donors (Lipinski definition) is 1. The summed E-state index contributed by atoms with van der Waals surface area (Å²) in [6.07, 6.45) is 0. The molecule has 1 atom stereocenters. The molecule has 1 aromatic rings. The first-order valence-electron chi connectivity index (χ1n) is 6.92. The summed E-state index contributed by atoms with van der Waals surface area (Å²) in [6.45, 7) is 5.01. The van der Waals surface area contributed by atoms with Crippen molar-refractivity contribution in [1.82, 2.24) is 5.43 Å². The SMILES string of the molecule is CCOC(=O)[C@@H](C)/C(C)=N\NC(=O)COc1ccc(Cl)cc1Cl. The summed E-state index contributed by atoms with van der Waals surface area (Å²) in [4.78, 5) is 23.2. The molecule has 0 heterocycles. The van der Waals surface area contributed by atoms with Gasteiger partial charge in [-0.05, 0) is 39.0 Å². The van der Waals surface area contributed by atoms with E-state index in [2.05, 4.69) is 10.5 Å². The summed E-state index contributed by atoms with van der Waals surface area (Å²) < 4.78 is 10.1. The molecule has 0 bridgehead atoms. The number of hydrazone groups is 1. The second kappa shape index (κ2) is 9.37. The van der Waals surface area contributed by atoms with Gasteiger partial charge in [0.15, 0.2) is 6.61 Å². The molecule has 23 heavy (non-hydrogen) atoms. The molecule has 0 saturated heterocycles. The van der Waals surface area contributed by atoms with Crippen LogP contribution in [0.25, 0.3) is 0 Å². The van der Waals surface area contributed by atoms with Gasteiger partial charge in [0.2, 0.25) is 0 Å². The Labute approximate surface area is 144 Å². The standard InChI is InChI=1S/C15H18Cl2N2O4/c1-4-22-15(21)9(2)10(3)18-19-14(20)8-23-13-6-5-11(16)7-12(13)17/h5-7,9H,4,8H2,1-3H3,(H,19,20)/b18-10-/t9-/m0/s1. The number of ether oxygens (including phenoxy) is 2. The van der Waals surface area contributed by atoms with Gasteiger partial charge in [0.05, 0.1) is 17.5 Å². The number of nitrogens with one attached hydrogen (secondary N) is 1. The van der Waals surface area contributed by atoms with Gasteiger partial charge in [-0.1, -0.05) is 23.2 Å². The molecular formula is C15H18Cl2N2O4. The maximum absolute atomic E-state index is 11.7. The van der Waals surface area contributed by atoms with Crippen molar-refractivity contribution >= 4 is 40.8 Å². The Hall–Kier alpha value is -1.79. The molecule has 0 aliphatic carbocycles. The highest BCUT2D eigenvalue weighted by atomic mass is 35.5. The number of nitrogens with zero attached hydrogens (tertiary/aromatic N) is 1. The van der Waals surface area contributed by atoms with Crippen LogP contribution in [0, 0.1) is 5.92 Å². The summed E-state index contributed by atoms with van der Waals surface area (Å²) in [6, 6.07) is 4.68. The summed E-state index contributed by atoms with van der Waals surface area (Å²) in [5.41, 5.74) is 2.74. The minimum Gasteiger partial charge on any atom is -0.482 e. The predicted molar refractivity (Wildman–Crippen MR) is 89.0 cm³/mol. The van der Waals surface area contributed by atoms with Crippen LogP contribution in [-0.4, -0.2) is 30.8 Å². The Kier molecular flexibility index (Phi) is 7.85. The first-order valence-corrected chi connectivity index (χ1v) is 7.68. The second-order valence-electron chi connectivity index (χ2n) is 4.63.